The van der Waals surface area contributed by atoms with Crippen LogP contribution in [0.1, 0.15) is 41.7 Å². The van der Waals surface area contributed by atoms with Crippen LogP contribution in [0.25, 0.3) is 5.52 Å². The van der Waals surface area contributed by atoms with Gasteiger partial charge in [-0.2, -0.15) is 0 Å². The minimum atomic E-state index is -0.465. The number of nitrogens with zero attached hydrogens (tertiary/aromatic N) is 3. The van der Waals surface area contributed by atoms with Crippen LogP contribution in [0.5, 0.6) is 5.88 Å². The third-order valence-corrected chi connectivity index (χ3v) is 5.90. The predicted molar refractivity (Wildman–Crippen MR) is 115 cm³/mol. The molecule has 9 heteroatoms. The van der Waals surface area contributed by atoms with Crippen LogP contribution in [0.15, 0.2) is 41.6 Å². The van der Waals surface area contributed by atoms with Crippen molar-refractivity contribution in [2.75, 3.05) is 20.2 Å². The number of H-pyrrole nitrogens is 1. The Bertz CT molecular complexity index is 1180. The highest BCUT2D eigenvalue weighted by Crippen LogP contribution is 2.23. The van der Waals surface area contributed by atoms with Gasteiger partial charge in [-0.05, 0) is 31.7 Å². The molecule has 32 heavy (non-hydrogen) atoms. The number of pyridine rings is 1. The van der Waals surface area contributed by atoms with E-state index in [9.17, 15) is 18.8 Å². The molecule has 1 N–H and O–H groups in total. The van der Waals surface area contributed by atoms with Gasteiger partial charge in [0.2, 0.25) is 11.8 Å². The Hall–Kier alpha value is -3.49. The Morgan fingerprint density at radius 2 is 2.03 bits per heavy atom. The summed E-state index contributed by atoms with van der Waals surface area (Å²) in [6, 6.07) is 4.57. The summed E-state index contributed by atoms with van der Waals surface area (Å²) in [5.41, 5.74) is 1.12. The highest BCUT2D eigenvalue weighted by Gasteiger charge is 2.28. The van der Waals surface area contributed by atoms with E-state index in [1.165, 1.54) is 30.0 Å². The number of ether oxygens (including phenoxy) is 1. The standard InChI is InChI=1S/C23H25FN4O4/c1-32-20-6-5-16(12-25-20)22(30)15-7-9-27(10-8-15)21(29)4-2-3-18-14-28-13-17(24)11-19(28)23(31)26-18/h5-6,11-15H,2-4,7-10H2,1H3,(H,26,31). The van der Waals surface area contributed by atoms with Crippen molar-refractivity contribution in [3.63, 3.8) is 0 Å². The lowest BCUT2D eigenvalue weighted by Crippen LogP contribution is -2.40. The zero-order chi connectivity index (χ0) is 22.7. The molecule has 1 fully saturated rings. The number of carbonyl (C=O) groups excluding carboxylic acids is 2. The molecule has 3 aromatic heterocycles. The summed E-state index contributed by atoms with van der Waals surface area (Å²) in [7, 11) is 1.53. The van der Waals surface area contributed by atoms with Crippen molar-refractivity contribution < 1.29 is 18.7 Å². The van der Waals surface area contributed by atoms with Crippen LogP contribution in [0.4, 0.5) is 4.39 Å². The maximum Gasteiger partial charge on any atom is 0.272 e. The lowest BCUT2D eigenvalue weighted by molar-refractivity contribution is -0.132. The first-order valence-electron chi connectivity index (χ1n) is 10.7. The highest BCUT2D eigenvalue weighted by atomic mass is 19.1. The monoisotopic (exact) mass is 440 g/mol. The van der Waals surface area contributed by atoms with Gasteiger partial charge in [0.05, 0.1) is 7.11 Å². The molecule has 0 atom stereocenters. The van der Waals surface area contributed by atoms with E-state index in [0.29, 0.717) is 62.3 Å². The number of hydrogen-bond acceptors (Lipinski definition) is 5. The topological polar surface area (TPSA) is 96.8 Å². The fraction of sp³-hybridized carbons (Fsp3) is 0.391. The van der Waals surface area contributed by atoms with Gasteiger partial charge in [0.15, 0.2) is 5.78 Å². The van der Waals surface area contributed by atoms with Gasteiger partial charge < -0.3 is 19.0 Å². The van der Waals surface area contributed by atoms with Gasteiger partial charge in [0, 0.05) is 67.4 Å². The molecule has 0 unspecified atom stereocenters. The molecule has 0 aliphatic carbocycles. The summed E-state index contributed by atoms with van der Waals surface area (Å²) in [5, 5.41) is 0. The molecule has 168 valence electrons. The smallest absolute Gasteiger partial charge is 0.272 e. The fourth-order valence-electron chi connectivity index (χ4n) is 4.13. The Balaban J connectivity index is 1.25. The van der Waals surface area contributed by atoms with Crippen molar-refractivity contribution in [1.29, 1.82) is 0 Å². The number of carbonyl (C=O) groups is 2. The minimum Gasteiger partial charge on any atom is -0.481 e. The van der Waals surface area contributed by atoms with E-state index in [1.54, 1.807) is 23.2 Å². The van der Waals surface area contributed by atoms with Crippen molar-refractivity contribution in [2.24, 2.45) is 5.92 Å². The summed E-state index contributed by atoms with van der Waals surface area (Å²) in [5.74, 6) is -0.0297. The molecule has 1 aliphatic rings. The molecule has 0 saturated carbocycles. The molecule has 0 radical (unpaired) electrons. The average Bonchev–Trinajstić information content (AvgIpc) is 3.19. The Labute approximate surface area is 184 Å². The van der Waals surface area contributed by atoms with Crippen LogP contribution < -0.4 is 10.3 Å². The van der Waals surface area contributed by atoms with Crippen molar-refractivity contribution in [1.82, 2.24) is 19.3 Å². The van der Waals surface area contributed by atoms with E-state index in [2.05, 4.69) is 9.97 Å². The lowest BCUT2D eigenvalue weighted by atomic mass is 9.89. The maximum atomic E-state index is 13.3. The predicted octanol–water partition coefficient (Wildman–Crippen LogP) is 2.61. The molecule has 4 rings (SSSR count). The SMILES string of the molecule is COc1ccc(C(=O)C2CCN(C(=O)CCCc3cn4cc(F)cc4c(=O)[nH]3)CC2)cn1. The van der Waals surface area contributed by atoms with E-state index >= 15 is 0 Å². The molecule has 0 aromatic carbocycles. The van der Waals surface area contributed by atoms with Gasteiger partial charge in [-0.1, -0.05) is 0 Å². The molecule has 4 heterocycles. The largest absolute Gasteiger partial charge is 0.481 e. The van der Waals surface area contributed by atoms with Crippen molar-refractivity contribution >= 4 is 17.2 Å². The molecule has 0 bridgehead atoms. The summed E-state index contributed by atoms with van der Waals surface area (Å²) in [6.07, 6.45) is 7.14. The number of nitrogens with one attached hydrogen (secondary N) is 1. The Morgan fingerprint density at radius 3 is 2.72 bits per heavy atom. The molecule has 1 saturated heterocycles. The zero-order valence-corrected chi connectivity index (χ0v) is 17.8. The van der Waals surface area contributed by atoms with Gasteiger partial charge in [-0.25, -0.2) is 9.37 Å². The number of rotatable bonds is 7. The second-order valence-electron chi connectivity index (χ2n) is 8.02. The molecular formula is C23H25FN4O4. The average molecular weight is 440 g/mol. The van der Waals surface area contributed by atoms with Crippen molar-refractivity contribution in [3.05, 3.63) is 64.2 Å². The molecule has 1 amide bonds. The highest BCUT2D eigenvalue weighted by molar-refractivity contribution is 5.97. The van der Waals surface area contributed by atoms with Crippen LogP contribution >= 0.6 is 0 Å². The van der Waals surface area contributed by atoms with E-state index in [1.807, 2.05) is 0 Å². The second-order valence-corrected chi connectivity index (χ2v) is 8.02. The first kappa shape index (κ1) is 21.7. The van der Waals surface area contributed by atoms with E-state index in [0.717, 1.165) is 0 Å². The number of ketones is 1. The normalized spacial score (nSPS) is 14.6. The number of Topliss-reactive ketones (excluding diaryl/α,β-unsaturated/α-hetero) is 1. The number of aromatic amines is 1. The Morgan fingerprint density at radius 1 is 1.25 bits per heavy atom. The van der Waals surface area contributed by atoms with Crippen LogP contribution in [0.2, 0.25) is 0 Å². The van der Waals surface area contributed by atoms with Crippen molar-refractivity contribution in [2.45, 2.75) is 32.1 Å². The van der Waals surface area contributed by atoms with Gasteiger partial charge >= 0.3 is 0 Å². The van der Waals surface area contributed by atoms with E-state index < -0.39 is 5.82 Å². The summed E-state index contributed by atoms with van der Waals surface area (Å²) >= 11 is 0. The maximum absolute atomic E-state index is 13.3. The first-order chi connectivity index (χ1) is 15.4. The van der Waals surface area contributed by atoms with Gasteiger partial charge in [0.25, 0.3) is 5.56 Å². The number of aryl methyl sites for hydroxylation is 1. The molecular weight excluding hydrogens is 415 g/mol. The van der Waals surface area contributed by atoms with Crippen LogP contribution in [0.3, 0.4) is 0 Å². The van der Waals surface area contributed by atoms with E-state index in [4.69, 9.17) is 4.74 Å². The summed E-state index contributed by atoms with van der Waals surface area (Å²) < 4.78 is 19.8. The van der Waals surface area contributed by atoms with Crippen LogP contribution in [0, 0.1) is 11.7 Å². The Kier molecular flexibility index (Phi) is 6.34. The summed E-state index contributed by atoms with van der Waals surface area (Å²) in [4.78, 5) is 45.9. The molecule has 1 aliphatic heterocycles. The van der Waals surface area contributed by atoms with Crippen LogP contribution in [-0.2, 0) is 11.2 Å². The number of aromatic nitrogens is 3. The van der Waals surface area contributed by atoms with Gasteiger partial charge in [-0.3, -0.25) is 14.4 Å². The lowest BCUT2D eigenvalue weighted by Gasteiger charge is -2.31. The fourth-order valence-corrected chi connectivity index (χ4v) is 4.13. The van der Waals surface area contributed by atoms with Gasteiger partial charge in [0.1, 0.15) is 11.3 Å². The first-order valence-corrected chi connectivity index (χ1v) is 10.7. The van der Waals surface area contributed by atoms with Gasteiger partial charge in [-0.15, -0.1) is 0 Å². The number of amides is 1. The number of piperidine rings is 1. The van der Waals surface area contributed by atoms with Crippen LogP contribution in [-0.4, -0.2) is 51.2 Å². The quantitative estimate of drug-likeness (QED) is 0.570. The number of methoxy groups -OCH3 is 1. The third-order valence-electron chi connectivity index (χ3n) is 5.90. The number of likely N-dealkylation sites (tertiary alicyclic amines) is 1. The third kappa shape index (κ3) is 4.71. The minimum absolute atomic E-state index is 0.0393. The molecule has 0 spiro atoms. The molecule has 3 aromatic rings. The number of hydrogen-bond donors (Lipinski definition) is 1. The zero-order valence-electron chi connectivity index (χ0n) is 17.8. The second kappa shape index (κ2) is 9.33. The summed E-state index contributed by atoms with van der Waals surface area (Å²) in [6.45, 7) is 1.09. The van der Waals surface area contributed by atoms with Crippen molar-refractivity contribution in [3.8, 4) is 5.88 Å². The number of halogens is 1. The number of fused-ring (bicyclic) bond motifs is 1. The molecule has 8 nitrogen and oxygen atoms in total. The van der Waals surface area contributed by atoms with E-state index in [-0.39, 0.29) is 28.7 Å².